The molecule has 31 heavy (non-hydrogen) atoms. The van der Waals surface area contributed by atoms with Gasteiger partial charge in [0.25, 0.3) is 0 Å². The van der Waals surface area contributed by atoms with Gasteiger partial charge < -0.3 is 10.1 Å². The summed E-state index contributed by atoms with van der Waals surface area (Å²) in [6.45, 7) is 14.6. The van der Waals surface area contributed by atoms with Gasteiger partial charge in [-0.1, -0.05) is 65.0 Å². The van der Waals surface area contributed by atoms with Gasteiger partial charge in [0.1, 0.15) is 11.5 Å². The predicted molar refractivity (Wildman–Crippen MR) is 129 cm³/mol. The highest BCUT2D eigenvalue weighted by Crippen LogP contribution is 2.26. The minimum atomic E-state index is 0.172. The van der Waals surface area contributed by atoms with Gasteiger partial charge in [-0.2, -0.15) is 0 Å². The number of carbonyl (C=O) groups excluding carboxylic acids is 1. The molecule has 0 spiro atoms. The van der Waals surface area contributed by atoms with E-state index in [-0.39, 0.29) is 11.3 Å². The lowest BCUT2D eigenvalue weighted by Crippen LogP contribution is -2.30. The highest BCUT2D eigenvalue weighted by atomic mass is 16.5. The first-order valence-electron chi connectivity index (χ1n) is 11.6. The summed E-state index contributed by atoms with van der Waals surface area (Å²) in [6.07, 6.45) is 2.63. The van der Waals surface area contributed by atoms with Crippen LogP contribution in [-0.2, 0) is 11.3 Å². The molecule has 0 aliphatic heterocycles. The molecule has 2 aromatic rings. The molecule has 1 unspecified atom stereocenters. The summed E-state index contributed by atoms with van der Waals surface area (Å²) in [5, 5.41) is 3.09. The van der Waals surface area contributed by atoms with Crippen LogP contribution in [0.1, 0.15) is 59.4 Å². The highest BCUT2D eigenvalue weighted by molar-refractivity contribution is 5.76. The normalized spacial score (nSPS) is 12.6. The van der Waals surface area contributed by atoms with E-state index < -0.39 is 0 Å². The smallest absolute Gasteiger partial charge is 0.220 e. The summed E-state index contributed by atoms with van der Waals surface area (Å²) in [5.41, 5.74) is 1.50. The number of benzene rings is 2. The van der Waals surface area contributed by atoms with E-state index in [1.54, 1.807) is 0 Å². The summed E-state index contributed by atoms with van der Waals surface area (Å²) in [4.78, 5) is 14.6. The minimum absolute atomic E-state index is 0.172. The fourth-order valence-corrected chi connectivity index (χ4v) is 3.98. The van der Waals surface area contributed by atoms with E-state index in [1.165, 1.54) is 5.56 Å². The van der Waals surface area contributed by atoms with Crippen LogP contribution in [0.15, 0.2) is 54.6 Å². The van der Waals surface area contributed by atoms with Gasteiger partial charge in [-0.3, -0.25) is 9.69 Å². The number of nitrogens with one attached hydrogen (secondary N) is 1. The molecule has 0 radical (unpaired) electrons. The van der Waals surface area contributed by atoms with Crippen molar-refractivity contribution in [2.75, 3.05) is 19.6 Å². The number of nitrogens with zero attached hydrogens (tertiary/aromatic N) is 1. The van der Waals surface area contributed by atoms with Gasteiger partial charge in [0, 0.05) is 26.1 Å². The number of rotatable bonds is 12. The zero-order chi connectivity index (χ0) is 22.7. The molecule has 2 aromatic carbocycles. The van der Waals surface area contributed by atoms with Crippen LogP contribution >= 0.6 is 0 Å². The second kappa shape index (κ2) is 12.5. The van der Waals surface area contributed by atoms with Crippen molar-refractivity contribution in [3.63, 3.8) is 0 Å². The van der Waals surface area contributed by atoms with Crippen molar-refractivity contribution in [3.8, 4) is 11.5 Å². The molecule has 4 heteroatoms. The van der Waals surface area contributed by atoms with Crippen molar-refractivity contribution in [2.24, 2.45) is 11.3 Å². The van der Waals surface area contributed by atoms with Crippen LogP contribution in [0.3, 0.4) is 0 Å². The van der Waals surface area contributed by atoms with Crippen molar-refractivity contribution >= 4 is 5.91 Å². The summed E-state index contributed by atoms with van der Waals surface area (Å²) in [7, 11) is 0. The topological polar surface area (TPSA) is 41.6 Å². The van der Waals surface area contributed by atoms with Crippen LogP contribution in [-0.4, -0.2) is 30.4 Å². The molecule has 1 amide bonds. The molecule has 0 aliphatic rings. The molecule has 0 saturated heterocycles. The maximum atomic E-state index is 12.2. The van der Waals surface area contributed by atoms with E-state index in [1.807, 2.05) is 42.5 Å². The summed E-state index contributed by atoms with van der Waals surface area (Å²) in [5.74, 6) is 2.29. The summed E-state index contributed by atoms with van der Waals surface area (Å²) < 4.78 is 5.95. The molecule has 0 aromatic heterocycles. The summed E-state index contributed by atoms with van der Waals surface area (Å²) >= 11 is 0. The molecule has 1 atom stereocenters. The monoisotopic (exact) mass is 424 g/mol. The molecule has 170 valence electrons. The van der Waals surface area contributed by atoms with Crippen LogP contribution in [0.4, 0.5) is 0 Å². The van der Waals surface area contributed by atoms with E-state index in [2.05, 4.69) is 57.0 Å². The SMILES string of the molecule is CCN(CCCNC(=O)CC(C)CC(C)(C)C)Cc1cccc(Oc2ccccc2)c1. The Labute approximate surface area is 189 Å². The molecular weight excluding hydrogens is 384 g/mol. The Morgan fingerprint density at radius 2 is 1.77 bits per heavy atom. The fraction of sp³-hybridized carbons (Fsp3) is 0.519. The van der Waals surface area contributed by atoms with Gasteiger partial charge in [-0.25, -0.2) is 0 Å². The number of hydrogen-bond acceptors (Lipinski definition) is 3. The van der Waals surface area contributed by atoms with Gasteiger partial charge in [0.15, 0.2) is 0 Å². The van der Waals surface area contributed by atoms with Crippen LogP contribution in [0, 0.1) is 11.3 Å². The Morgan fingerprint density at radius 1 is 1.06 bits per heavy atom. The lowest BCUT2D eigenvalue weighted by molar-refractivity contribution is -0.122. The first-order chi connectivity index (χ1) is 14.7. The molecule has 0 bridgehead atoms. The molecule has 0 aliphatic carbocycles. The van der Waals surface area contributed by atoms with Crippen molar-refractivity contribution in [1.82, 2.24) is 10.2 Å². The van der Waals surface area contributed by atoms with Crippen LogP contribution < -0.4 is 10.1 Å². The Morgan fingerprint density at radius 3 is 2.45 bits per heavy atom. The first-order valence-corrected chi connectivity index (χ1v) is 11.6. The molecule has 4 nitrogen and oxygen atoms in total. The molecule has 0 fully saturated rings. The highest BCUT2D eigenvalue weighted by Gasteiger charge is 2.17. The number of ether oxygens (including phenoxy) is 1. The Balaban J connectivity index is 1.73. The van der Waals surface area contributed by atoms with Crippen molar-refractivity contribution in [3.05, 3.63) is 60.2 Å². The Bertz CT molecular complexity index is 783. The molecule has 2 rings (SSSR count). The van der Waals surface area contributed by atoms with Crippen LogP contribution in [0.2, 0.25) is 0 Å². The lowest BCUT2D eigenvalue weighted by atomic mass is 9.84. The maximum Gasteiger partial charge on any atom is 0.220 e. The van der Waals surface area contributed by atoms with E-state index in [9.17, 15) is 4.79 Å². The Kier molecular flexibility index (Phi) is 10.1. The number of hydrogen-bond donors (Lipinski definition) is 1. The van der Waals surface area contributed by atoms with Crippen molar-refractivity contribution in [1.29, 1.82) is 0 Å². The predicted octanol–water partition coefficient (Wildman–Crippen LogP) is 6.27. The maximum absolute atomic E-state index is 12.2. The third-order valence-corrected chi connectivity index (χ3v) is 5.20. The zero-order valence-corrected chi connectivity index (χ0v) is 20.0. The Hall–Kier alpha value is -2.33. The van der Waals surface area contributed by atoms with Crippen molar-refractivity contribution < 1.29 is 9.53 Å². The minimum Gasteiger partial charge on any atom is -0.457 e. The van der Waals surface area contributed by atoms with E-state index in [4.69, 9.17) is 4.74 Å². The fourth-order valence-electron chi connectivity index (χ4n) is 3.98. The second-order valence-electron chi connectivity index (χ2n) is 9.71. The number of amides is 1. The van der Waals surface area contributed by atoms with E-state index >= 15 is 0 Å². The average Bonchev–Trinajstić information content (AvgIpc) is 2.70. The third kappa shape index (κ3) is 10.5. The zero-order valence-electron chi connectivity index (χ0n) is 20.0. The van der Waals surface area contributed by atoms with Gasteiger partial charge >= 0.3 is 0 Å². The molecule has 0 saturated carbocycles. The average molecular weight is 425 g/mol. The van der Waals surface area contributed by atoms with E-state index in [0.717, 1.165) is 50.5 Å². The first kappa shape index (κ1) is 24.9. The number of para-hydroxylation sites is 1. The lowest BCUT2D eigenvalue weighted by Gasteiger charge is -2.23. The number of carbonyl (C=O) groups is 1. The molecule has 0 heterocycles. The van der Waals surface area contributed by atoms with Gasteiger partial charge in [-0.05, 0) is 60.5 Å². The quantitative estimate of drug-likeness (QED) is 0.408. The van der Waals surface area contributed by atoms with Gasteiger partial charge in [-0.15, -0.1) is 0 Å². The van der Waals surface area contributed by atoms with Gasteiger partial charge in [0.05, 0.1) is 0 Å². The summed E-state index contributed by atoms with van der Waals surface area (Å²) in [6, 6.07) is 18.1. The van der Waals surface area contributed by atoms with Crippen molar-refractivity contribution in [2.45, 2.75) is 60.4 Å². The standard InChI is InChI=1S/C27H40N2O2/c1-6-29(17-11-16-28-26(30)18-22(2)20-27(3,4)5)21-23-12-10-15-25(19-23)31-24-13-8-7-9-14-24/h7-10,12-15,19,22H,6,11,16-18,20-21H2,1-5H3,(H,28,30). The second-order valence-corrected chi connectivity index (χ2v) is 9.71. The van der Waals surface area contributed by atoms with Crippen LogP contribution in [0.5, 0.6) is 11.5 Å². The van der Waals surface area contributed by atoms with E-state index in [0.29, 0.717) is 12.3 Å². The molecule has 1 N–H and O–H groups in total. The van der Waals surface area contributed by atoms with Crippen LogP contribution in [0.25, 0.3) is 0 Å². The third-order valence-electron chi connectivity index (χ3n) is 5.20. The molecular formula is C27H40N2O2. The largest absolute Gasteiger partial charge is 0.457 e. The van der Waals surface area contributed by atoms with Gasteiger partial charge in [0.2, 0.25) is 5.91 Å².